The van der Waals surface area contributed by atoms with Gasteiger partial charge in [-0.05, 0) is 55.5 Å². The molecule has 154 valence electrons. The van der Waals surface area contributed by atoms with Gasteiger partial charge in [0, 0.05) is 25.7 Å². The molecule has 29 heavy (non-hydrogen) atoms. The van der Waals surface area contributed by atoms with Gasteiger partial charge in [-0.1, -0.05) is 0 Å². The zero-order valence-electron chi connectivity index (χ0n) is 16.4. The fourth-order valence-corrected chi connectivity index (χ4v) is 4.38. The van der Waals surface area contributed by atoms with E-state index in [1.165, 1.54) is 0 Å². The summed E-state index contributed by atoms with van der Waals surface area (Å²) in [6.45, 7) is 4.51. The number of hydrogen-bond donors (Lipinski definition) is 3. The van der Waals surface area contributed by atoms with Gasteiger partial charge < -0.3 is 25.2 Å². The van der Waals surface area contributed by atoms with Gasteiger partial charge >= 0.3 is 0 Å². The van der Waals surface area contributed by atoms with Crippen LogP contribution in [0.5, 0.6) is 11.5 Å². The number of rotatable bonds is 7. The number of phenolic OH excluding ortho intramolecular Hbond substituents is 1. The molecule has 1 saturated heterocycles. The fraction of sp³-hybridized carbons (Fsp3) is 0.429. The Morgan fingerprint density at radius 2 is 1.97 bits per heavy atom. The maximum absolute atomic E-state index is 10.2. The van der Waals surface area contributed by atoms with Crippen LogP contribution in [0.15, 0.2) is 35.7 Å². The summed E-state index contributed by atoms with van der Waals surface area (Å²) in [6, 6.07) is 8.97. The summed E-state index contributed by atoms with van der Waals surface area (Å²) in [5.74, 6) is 2.68. The van der Waals surface area contributed by atoms with Crippen molar-refractivity contribution in [3.05, 3.63) is 41.5 Å². The van der Waals surface area contributed by atoms with Crippen molar-refractivity contribution in [1.29, 1.82) is 0 Å². The van der Waals surface area contributed by atoms with E-state index in [0.717, 1.165) is 47.8 Å². The molecule has 1 aliphatic heterocycles. The van der Waals surface area contributed by atoms with Gasteiger partial charge in [-0.2, -0.15) is 0 Å². The Morgan fingerprint density at radius 1 is 1.21 bits per heavy atom. The maximum atomic E-state index is 10.2. The normalized spacial score (nSPS) is 16.3. The van der Waals surface area contributed by atoms with E-state index in [-0.39, 0.29) is 12.4 Å². The molecule has 3 aromatic rings. The van der Waals surface area contributed by atoms with Crippen LogP contribution in [-0.4, -0.2) is 58.6 Å². The maximum Gasteiger partial charge on any atom is 0.141 e. The van der Waals surface area contributed by atoms with E-state index in [1.807, 2.05) is 6.92 Å². The molecule has 0 bridgehead atoms. The summed E-state index contributed by atoms with van der Waals surface area (Å²) in [5.41, 5.74) is 0. The molecule has 3 N–H and O–H groups in total. The number of hydrogen-bond acceptors (Lipinski definition) is 8. The lowest BCUT2D eigenvalue weighted by atomic mass is 10.0. The van der Waals surface area contributed by atoms with E-state index in [1.54, 1.807) is 35.6 Å². The molecule has 1 atom stereocenters. The molecule has 0 spiro atoms. The zero-order valence-corrected chi connectivity index (χ0v) is 17.2. The smallest absolute Gasteiger partial charge is 0.141 e. The minimum atomic E-state index is -0.586. The summed E-state index contributed by atoms with van der Waals surface area (Å²) in [5, 5.41) is 26.1. The Balaban J connectivity index is 1.23. The molecule has 3 heterocycles. The number of nitrogens with one attached hydrogen (secondary N) is 1. The second-order valence-electron chi connectivity index (χ2n) is 7.36. The quantitative estimate of drug-likeness (QED) is 0.548. The second-order valence-corrected chi connectivity index (χ2v) is 8.26. The summed E-state index contributed by atoms with van der Waals surface area (Å²) < 4.78 is 5.56. The Hall–Kier alpha value is -2.42. The van der Waals surface area contributed by atoms with Crippen LogP contribution in [0.3, 0.4) is 0 Å². The third-order valence-electron chi connectivity index (χ3n) is 5.13. The third kappa shape index (κ3) is 4.95. The highest BCUT2D eigenvalue weighted by molar-refractivity contribution is 7.16. The number of aliphatic hydroxyl groups is 1. The molecule has 0 amide bonds. The first kappa shape index (κ1) is 19.9. The number of aromatic hydroxyl groups is 1. The first-order chi connectivity index (χ1) is 14.1. The predicted molar refractivity (Wildman–Crippen MR) is 115 cm³/mol. The average Bonchev–Trinajstić information content (AvgIpc) is 3.20. The molecule has 1 unspecified atom stereocenters. The Labute approximate surface area is 174 Å². The number of benzene rings is 1. The summed E-state index contributed by atoms with van der Waals surface area (Å²) in [7, 11) is 0. The first-order valence-electron chi connectivity index (χ1n) is 9.88. The van der Waals surface area contributed by atoms with Crippen molar-refractivity contribution >= 4 is 27.4 Å². The van der Waals surface area contributed by atoms with Crippen molar-refractivity contribution in [1.82, 2.24) is 15.3 Å². The van der Waals surface area contributed by atoms with Gasteiger partial charge in [-0.15, -0.1) is 11.3 Å². The molecule has 4 rings (SSSR count). The van der Waals surface area contributed by atoms with Gasteiger partial charge in [0.2, 0.25) is 0 Å². The van der Waals surface area contributed by atoms with E-state index < -0.39 is 6.10 Å². The molecule has 1 fully saturated rings. The molecule has 2 aromatic heterocycles. The van der Waals surface area contributed by atoms with Crippen molar-refractivity contribution in [3.63, 3.8) is 0 Å². The van der Waals surface area contributed by atoms with Gasteiger partial charge in [0.15, 0.2) is 0 Å². The fourth-order valence-electron chi connectivity index (χ4n) is 3.58. The number of phenols is 1. The minimum Gasteiger partial charge on any atom is -0.508 e. The number of fused-ring (bicyclic) bond motifs is 1. The van der Waals surface area contributed by atoms with Crippen molar-refractivity contribution in [2.75, 3.05) is 31.1 Å². The van der Waals surface area contributed by atoms with Crippen molar-refractivity contribution in [2.45, 2.75) is 31.9 Å². The van der Waals surface area contributed by atoms with Gasteiger partial charge in [0.1, 0.15) is 40.7 Å². The molecule has 1 aromatic carbocycles. The molecule has 1 aliphatic rings. The van der Waals surface area contributed by atoms with E-state index in [9.17, 15) is 10.2 Å². The van der Waals surface area contributed by atoms with Crippen LogP contribution in [0.2, 0.25) is 0 Å². The SMILES string of the molecule is Cc1nc(N2CCC(NCC(O)COc3ccc(O)cc3)CC2)c2ccsc2n1. The Morgan fingerprint density at radius 3 is 2.72 bits per heavy atom. The monoisotopic (exact) mass is 414 g/mol. The van der Waals surface area contributed by atoms with Crippen LogP contribution < -0.4 is 15.0 Å². The predicted octanol–water partition coefficient (Wildman–Crippen LogP) is 2.70. The number of aromatic nitrogens is 2. The number of anilines is 1. The van der Waals surface area contributed by atoms with Crippen molar-refractivity contribution < 1.29 is 14.9 Å². The number of aliphatic hydroxyl groups excluding tert-OH is 1. The lowest BCUT2D eigenvalue weighted by Crippen LogP contribution is -2.45. The molecule has 0 aliphatic carbocycles. The average molecular weight is 415 g/mol. The number of aryl methyl sites for hydroxylation is 1. The van der Waals surface area contributed by atoms with Gasteiger partial charge in [0.05, 0.1) is 5.39 Å². The van der Waals surface area contributed by atoms with E-state index >= 15 is 0 Å². The van der Waals surface area contributed by atoms with E-state index in [0.29, 0.717) is 18.3 Å². The number of nitrogens with zero attached hydrogens (tertiary/aromatic N) is 3. The van der Waals surface area contributed by atoms with Crippen LogP contribution in [0.25, 0.3) is 10.2 Å². The van der Waals surface area contributed by atoms with Crippen molar-refractivity contribution in [2.24, 2.45) is 0 Å². The van der Waals surface area contributed by atoms with Crippen LogP contribution in [0, 0.1) is 6.92 Å². The number of ether oxygens (including phenoxy) is 1. The van der Waals surface area contributed by atoms with Crippen LogP contribution in [0.4, 0.5) is 5.82 Å². The Kier molecular flexibility index (Phi) is 6.13. The van der Waals surface area contributed by atoms with Gasteiger partial charge in [0.25, 0.3) is 0 Å². The first-order valence-corrected chi connectivity index (χ1v) is 10.8. The summed E-state index contributed by atoms with van der Waals surface area (Å²) >= 11 is 1.65. The summed E-state index contributed by atoms with van der Waals surface area (Å²) in [6.07, 6.45) is 1.41. The zero-order chi connectivity index (χ0) is 20.2. The molecule has 8 heteroatoms. The highest BCUT2D eigenvalue weighted by atomic mass is 32.1. The van der Waals surface area contributed by atoms with Gasteiger partial charge in [-0.25, -0.2) is 9.97 Å². The van der Waals surface area contributed by atoms with Crippen LogP contribution >= 0.6 is 11.3 Å². The second kappa shape index (κ2) is 8.94. The van der Waals surface area contributed by atoms with E-state index in [4.69, 9.17) is 4.74 Å². The molecule has 0 saturated carbocycles. The topological polar surface area (TPSA) is 90.7 Å². The minimum absolute atomic E-state index is 0.197. The van der Waals surface area contributed by atoms with Crippen LogP contribution in [-0.2, 0) is 0 Å². The van der Waals surface area contributed by atoms with Gasteiger partial charge in [-0.3, -0.25) is 0 Å². The van der Waals surface area contributed by atoms with Crippen molar-refractivity contribution in [3.8, 4) is 11.5 Å². The molecular formula is C21H26N4O3S. The molecule has 7 nitrogen and oxygen atoms in total. The molecular weight excluding hydrogens is 388 g/mol. The lowest BCUT2D eigenvalue weighted by Gasteiger charge is -2.34. The largest absolute Gasteiger partial charge is 0.508 e. The number of thiophene rings is 1. The summed E-state index contributed by atoms with van der Waals surface area (Å²) in [4.78, 5) is 12.6. The molecule has 0 radical (unpaired) electrons. The highest BCUT2D eigenvalue weighted by Gasteiger charge is 2.22. The van der Waals surface area contributed by atoms with E-state index in [2.05, 4.69) is 31.6 Å². The third-order valence-corrected chi connectivity index (χ3v) is 5.94. The highest BCUT2D eigenvalue weighted by Crippen LogP contribution is 2.29. The van der Waals surface area contributed by atoms with Crippen LogP contribution in [0.1, 0.15) is 18.7 Å². The lowest BCUT2D eigenvalue weighted by molar-refractivity contribution is 0.102. The Bertz CT molecular complexity index is 939. The number of piperidine rings is 1. The standard InChI is InChI=1S/C21H26N4O3S/c1-14-23-20(19-8-11-29-21(19)24-14)25-9-6-15(7-10-25)22-12-17(27)13-28-18-4-2-16(26)3-5-18/h2-5,8,11,15,17,22,26-27H,6-7,9-10,12-13H2,1H3.